The molecule has 0 radical (unpaired) electrons. The minimum Gasteiger partial charge on any atom is -0.495 e. The molecule has 0 saturated heterocycles. The second-order valence-electron chi connectivity index (χ2n) is 4.72. The number of anilines is 1. The Bertz CT molecular complexity index is 820. The number of halogens is 1. The minimum atomic E-state index is 0.420. The SMILES string of the molecule is CCc1nn(C)c2c1nc(N)n2-c1cc(Br)ccc1OC. The first-order valence-electron chi connectivity index (χ1n) is 6.60. The maximum atomic E-state index is 6.14. The summed E-state index contributed by atoms with van der Waals surface area (Å²) in [5, 5.41) is 4.50. The number of imidazole rings is 1. The van der Waals surface area contributed by atoms with E-state index < -0.39 is 0 Å². The zero-order valence-corrected chi connectivity index (χ0v) is 13.7. The van der Waals surface area contributed by atoms with E-state index >= 15 is 0 Å². The molecular weight excluding hydrogens is 334 g/mol. The third kappa shape index (κ3) is 2.08. The summed E-state index contributed by atoms with van der Waals surface area (Å²) in [6, 6.07) is 5.77. The van der Waals surface area contributed by atoms with Gasteiger partial charge in [0.25, 0.3) is 0 Å². The van der Waals surface area contributed by atoms with Crippen molar-refractivity contribution in [3.05, 3.63) is 28.4 Å². The molecule has 3 rings (SSSR count). The van der Waals surface area contributed by atoms with Crippen LogP contribution >= 0.6 is 15.9 Å². The van der Waals surface area contributed by atoms with Crippen molar-refractivity contribution in [3.8, 4) is 11.4 Å². The zero-order valence-electron chi connectivity index (χ0n) is 12.1. The molecule has 0 spiro atoms. The Morgan fingerprint density at radius 3 is 2.81 bits per heavy atom. The molecule has 2 aromatic heterocycles. The highest BCUT2D eigenvalue weighted by molar-refractivity contribution is 9.10. The van der Waals surface area contributed by atoms with Crippen LogP contribution in [-0.2, 0) is 13.5 Å². The van der Waals surface area contributed by atoms with Gasteiger partial charge >= 0.3 is 0 Å². The van der Waals surface area contributed by atoms with Crippen LogP contribution in [0.25, 0.3) is 16.9 Å². The van der Waals surface area contributed by atoms with Crippen LogP contribution in [0.3, 0.4) is 0 Å². The number of nitrogens with zero attached hydrogens (tertiary/aromatic N) is 4. The quantitative estimate of drug-likeness (QED) is 0.788. The number of nitrogens with two attached hydrogens (primary N) is 1. The van der Waals surface area contributed by atoms with Crippen LogP contribution in [0.2, 0.25) is 0 Å². The van der Waals surface area contributed by atoms with E-state index in [1.54, 1.807) is 11.8 Å². The van der Waals surface area contributed by atoms with Gasteiger partial charge in [0.15, 0.2) is 5.65 Å². The number of fused-ring (bicyclic) bond motifs is 1. The van der Waals surface area contributed by atoms with Gasteiger partial charge in [-0.05, 0) is 24.6 Å². The fourth-order valence-corrected chi connectivity index (χ4v) is 2.86. The number of methoxy groups -OCH3 is 1. The standard InChI is InChI=1S/C14H16BrN5O/c1-4-9-12-13(19(2)18-9)20(14(16)17-12)10-7-8(15)5-6-11(10)21-3/h5-7H,4H2,1-3H3,(H2,16,17). The second-order valence-corrected chi connectivity index (χ2v) is 5.63. The smallest absolute Gasteiger partial charge is 0.207 e. The molecule has 110 valence electrons. The van der Waals surface area contributed by atoms with Gasteiger partial charge in [0.2, 0.25) is 5.95 Å². The van der Waals surface area contributed by atoms with Gasteiger partial charge in [0.1, 0.15) is 11.3 Å². The minimum absolute atomic E-state index is 0.420. The monoisotopic (exact) mass is 349 g/mol. The molecule has 7 heteroatoms. The van der Waals surface area contributed by atoms with Crippen LogP contribution in [0.4, 0.5) is 5.95 Å². The average Bonchev–Trinajstić information content (AvgIpc) is 2.95. The molecule has 3 aromatic rings. The zero-order chi connectivity index (χ0) is 15.1. The largest absolute Gasteiger partial charge is 0.495 e. The molecule has 0 amide bonds. The van der Waals surface area contributed by atoms with Gasteiger partial charge in [-0.3, -0.25) is 4.57 Å². The van der Waals surface area contributed by atoms with Crippen LogP contribution in [0.1, 0.15) is 12.6 Å². The molecule has 0 saturated carbocycles. The van der Waals surface area contributed by atoms with Crippen molar-refractivity contribution in [2.75, 3.05) is 12.8 Å². The van der Waals surface area contributed by atoms with Crippen molar-refractivity contribution in [2.24, 2.45) is 7.05 Å². The summed E-state index contributed by atoms with van der Waals surface area (Å²) in [5.74, 6) is 1.15. The van der Waals surface area contributed by atoms with Gasteiger partial charge in [-0.1, -0.05) is 22.9 Å². The molecule has 0 aliphatic heterocycles. The summed E-state index contributed by atoms with van der Waals surface area (Å²) in [6.45, 7) is 2.05. The molecule has 21 heavy (non-hydrogen) atoms. The van der Waals surface area contributed by atoms with Gasteiger partial charge in [0, 0.05) is 11.5 Å². The van der Waals surface area contributed by atoms with Gasteiger partial charge in [-0.25, -0.2) is 9.67 Å². The molecule has 0 aliphatic carbocycles. The number of rotatable bonds is 3. The fraction of sp³-hybridized carbons (Fsp3) is 0.286. The van der Waals surface area contributed by atoms with E-state index in [0.29, 0.717) is 5.95 Å². The van der Waals surface area contributed by atoms with Gasteiger partial charge in [0.05, 0.1) is 18.5 Å². The first kappa shape index (κ1) is 13.9. The molecule has 6 nitrogen and oxygen atoms in total. The Morgan fingerprint density at radius 2 is 2.14 bits per heavy atom. The van der Waals surface area contributed by atoms with E-state index in [9.17, 15) is 0 Å². The average molecular weight is 350 g/mol. The molecule has 0 atom stereocenters. The molecule has 1 aromatic carbocycles. The highest BCUT2D eigenvalue weighted by Crippen LogP contribution is 2.32. The molecule has 0 fully saturated rings. The fourth-order valence-electron chi connectivity index (χ4n) is 2.51. The maximum Gasteiger partial charge on any atom is 0.207 e. The first-order valence-corrected chi connectivity index (χ1v) is 7.39. The van der Waals surface area contributed by atoms with Crippen molar-refractivity contribution < 1.29 is 4.74 Å². The maximum absolute atomic E-state index is 6.14. The van der Waals surface area contributed by atoms with Crippen molar-refractivity contribution in [3.63, 3.8) is 0 Å². The third-order valence-corrected chi connectivity index (χ3v) is 3.94. The van der Waals surface area contributed by atoms with Gasteiger partial charge < -0.3 is 10.5 Å². The second kappa shape index (κ2) is 5.07. The normalized spacial score (nSPS) is 11.2. The Kier molecular flexibility index (Phi) is 3.36. The van der Waals surface area contributed by atoms with E-state index in [0.717, 1.165) is 39.2 Å². The van der Waals surface area contributed by atoms with Crippen molar-refractivity contribution in [1.82, 2.24) is 19.3 Å². The number of aromatic nitrogens is 4. The molecule has 0 aliphatic rings. The van der Waals surface area contributed by atoms with E-state index in [-0.39, 0.29) is 0 Å². The number of hydrogen-bond donors (Lipinski definition) is 1. The topological polar surface area (TPSA) is 70.9 Å². The summed E-state index contributed by atoms with van der Waals surface area (Å²) >= 11 is 3.48. The summed E-state index contributed by atoms with van der Waals surface area (Å²) in [5.41, 5.74) is 9.60. The lowest BCUT2D eigenvalue weighted by Gasteiger charge is -2.12. The molecular formula is C14H16BrN5O. The van der Waals surface area contributed by atoms with Crippen LogP contribution in [0.15, 0.2) is 22.7 Å². The number of nitrogen functional groups attached to an aromatic ring is 1. The Morgan fingerprint density at radius 1 is 1.38 bits per heavy atom. The summed E-state index contributed by atoms with van der Waals surface area (Å²) in [6.07, 6.45) is 0.809. The van der Waals surface area contributed by atoms with Crippen molar-refractivity contribution in [1.29, 1.82) is 0 Å². The van der Waals surface area contributed by atoms with Crippen LogP contribution < -0.4 is 10.5 Å². The summed E-state index contributed by atoms with van der Waals surface area (Å²) in [7, 11) is 3.53. The van der Waals surface area contributed by atoms with Crippen molar-refractivity contribution in [2.45, 2.75) is 13.3 Å². The van der Waals surface area contributed by atoms with E-state index in [4.69, 9.17) is 10.5 Å². The predicted octanol–water partition coefficient (Wildman–Crippen LogP) is 2.67. The van der Waals surface area contributed by atoms with E-state index in [1.165, 1.54) is 0 Å². The molecule has 0 bridgehead atoms. The number of aryl methyl sites for hydroxylation is 2. The van der Waals surface area contributed by atoms with Crippen LogP contribution in [0, 0.1) is 0 Å². The summed E-state index contributed by atoms with van der Waals surface area (Å²) in [4.78, 5) is 4.47. The lowest BCUT2D eigenvalue weighted by molar-refractivity contribution is 0.413. The molecule has 0 unspecified atom stereocenters. The van der Waals surface area contributed by atoms with E-state index in [1.807, 2.05) is 29.8 Å². The van der Waals surface area contributed by atoms with Crippen molar-refractivity contribution >= 4 is 33.0 Å². The number of benzene rings is 1. The Balaban J connectivity index is 2.37. The molecule has 2 heterocycles. The lowest BCUT2D eigenvalue weighted by atomic mass is 10.3. The molecule has 2 N–H and O–H groups in total. The highest BCUT2D eigenvalue weighted by atomic mass is 79.9. The summed E-state index contributed by atoms with van der Waals surface area (Å²) < 4.78 is 10.1. The Labute approximate surface area is 130 Å². The predicted molar refractivity (Wildman–Crippen MR) is 85.9 cm³/mol. The lowest BCUT2D eigenvalue weighted by Crippen LogP contribution is -2.06. The van der Waals surface area contributed by atoms with Crippen LogP contribution in [0.5, 0.6) is 5.75 Å². The van der Waals surface area contributed by atoms with Crippen LogP contribution in [-0.4, -0.2) is 26.4 Å². The van der Waals surface area contributed by atoms with Gasteiger partial charge in [-0.2, -0.15) is 5.10 Å². The third-order valence-electron chi connectivity index (χ3n) is 3.45. The Hall–Kier alpha value is -2.02. The van der Waals surface area contributed by atoms with Gasteiger partial charge in [-0.15, -0.1) is 0 Å². The highest BCUT2D eigenvalue weighted by Gasteiger charge is 2.20. The number of ether oxygens (including phenoxy) is 1. The number of hydrogen-bond acceptors (Lipinski definition) is 4. The first-order chi connectivity index (χ1) is 10.1. The van der Waals surface area contributed by atoms with E-state index in [2.05, 4.69) is 32.9 Å².